The third kappa shape index (κ3) is 4.86. The van der Waals surface area contributed by atoms with Crippen LogP contribution < -0.4 is 9.47 Å². The standard InChI is InChI=1S/C22H20ClFN2O4S/c1-4-29-18-11-14(9-16-20(27)25(2)22(31)26(3)21(16)28)10-17(23)19(18)30-12-13-6-5-7-15(24)8-13/h5-11H,4,12H2,1-3H3. The molecule has 2 aromatic rings. The van der Waals surface area contributed by atoms with Gasteiger partial charge in [0, 0.05) is 14.1 Å². The summed E-state index contributed by atoms with van der Waals surface area (Å²) in [7, 11) is 3.01. The average molecular weight is 463 g/mol. The average Bonchev–Trinajstić information content (AvgIpc) is 2.73. The second-order valence-corrected chi connectivity index (χ2v) is 7.52. The largest absolute Gasteiger partial charge is 0.490 e. The molecular weight excluding hydrogens is 443 g/mol. The van der Waals surface area contributed by atoms with Crippen molar-refractivity contribution in [3.63, 3.8) is 0 Å². The Hall–Kier alpha value is -2.97. The van der Waals surface area contributed by atoms with E-state index in [4.69, 9.17) is 33.3 Å². The van der Waals surface area contributed by atoms with Gasteiger partial charge in [0.2, 0.25) is 0 Å². The van der Waals surface area contributed by atoms with E-state index in [0.29, 0.717) is 23.5 Å². The van der Waals surface area contributed by atoms with Gasteiger partial charge in [-0.2, -0.15) is 0 Å². The second-order valence-electron chi connectivity index (χ2n) is 6.75. The minimum Gasteiger partial charge on any atom is -0.490 e. The fraction of sp³-hybridized carbons (Fsp3) is 0.227. The van der Waals surface area contributed by atoms with Crippen LogP contribution in [0.4, 0.5) is 4.39 Å². The molecule has 0 radical (unpaired) electrons. The number of carbonyl (C=O) groups excluding carboxylic acids is 2. The molecule has 0 bridgehead atoms. The molecule has 0 aliphatic carbocycles. The number of halogens is 2. The van der Waals surface area contributed by atoms with Gasteiger partial charge in [-0.25, -0.2) is 4.39 Å². The van der Waals surface area contributed by atoms with E-state index in [1.165, 1.54) is 42.1 Å². The number of carbonyl (C=O) groups is 2. The number of nitrogens with zero attached hydrogens (tertiary/aromatic N) is 2. The Morgan fingerprint density at radius 2 is 1.77 bits per heavy atom. The highest BCUT2D eigenvalue weighted by atomic mass is 35.5. The maximum atomic E-state index is 13.4. The molecule has 1 heterocycles. The SMILES string of the molecule is CCOc1cc(C=C2C(=O)N(C)C(=S)N(C)C2=O)cc(Cl)c1OCc1cccc(F)c1. The Balaban J connectivity index is 1.94. The van der Waals surface area contributed by atoms with E-state index in [0.717, 1.165) is 0 Å². The summed E-state index contributed by atoms with van der Waals surface area (Å²) in [5.74, 6) is -0.754. The molecule has 31 heavy (non-hydrogen) atoms. The molecule has 0 unspecified atom stereocenters. The van der Waals surface area contributed by atoms with Crippen LogP contribution in [0.25, 0.3) is 6.08 Å². The van der Waals surface area contributed by atoms with E-state index in [9.17, 15) is 14.0 Å². The summed E-state index contributed by atoms with van der Waals surface area (Å²) in [6.07, 6.45) is 1.43. The number of hydrogen-bond donors (Lipinski definition) is 0. The van der Waals surface area contributed by atoms with Crippen LogP contribution >= 0.6 is 23.8 Å². The zero-order chi connectivity index (χ0) is 22.7. The van der Waals surface area contributed by atoms with Gasteiger partial charge >= 0.3 is 0 Å². The van der Waals surface area contributed by atoms with Crippen LogP contribution in [0.15, 0.2) is 42.0 Å². The first-order valence-corrected chi connectivity index (χ1v) is 10.2. The first-order chi connectivity index (χ1) is 14.7. The van der Waals surface area contributed by atoms with E-state index < -0.39 is 11.8 Å². The maximum absolute atomic E-state index is 13.4. The first kappa shape index (κ1) is 22.7. The van der Waals surface area contributed by atoms with Gasteiger partial charge in [0.05, 0.1) is 11.6 Å². The number of amides is 2. The normalized spacial score (nSPS) is 14.2. The van der Waals surface area contributed by atoms with Gasteiger partial charge in [-0.05, 0) is 60.6 Å². The molecule has 0 atom stereocenters. The Kier molecular flexibility index (Phi) is 6.92. The zero-order valence-corrected chi connectivity index (χ0v) is 18.7. The third-order valence-corrected chi connectivity index (χ3v) is 5.39. The minimum atomic E-state index is -0.506. The van der Waals surface area contributed by atoms with E-state index in [-0.39, 0.29) is 33.9 Å². The van der Waals surface area contributed by atoms with Crippen molar-refractivity contribution in [2.45, 2.75) is 13.5 Å². The lowest BCUT2D eigenvalue weighted by atomic mass is 10.1. The monoisotopic (exact) mass is 462 g/mol. The molecule has 1 aliphatic rings. The highest BCUT2D eigenvalue weighted by Gasteiger charge is 2.35. The van der Waals surface area contributed by atoms with E-state index in [2.05, 4.69) is 0 Å². The molecule has 2 amide bonds. The molecule has 6 nitrogen and oxygen atoms in total. The van der Waals surface area contributed by atoms with Crippen LogP contribution in [0.2, 0.25) is 5.02 Å². The van der Waals surface area contributed by atoms with Crippen LogP contribution in [0.3, 0.4) is 0 Å². The highest BCUT2D eigenvalue weighted by Crippen LogP contribution is 2.38. The molecule has 3 rings (SSSR count). The number of hydrogen-bond acceptors (Lipinski definition) is 5. The van der Waals surface area contributed by atoms with Gasteiger partial charge in [-0.3, -0.25) is 19.4 Å². The Bertz CT molecular complexity index is 1060. The predicted octanol–water partition coefficient (Wildman–Crippen LogP) is 4.06. The molecule has 162 valence electrons. The zero-order valence-electron chi connectivity index (χ0n) is 17.1. The topological polar surface area (TPSA) is 59.1 Å². The summed E-state index contributed by atoms with van der Waals surface area (Å²) >= 11 is 11.5. The number of thiocarbonyl (C=S) groups is 1. The molecule has 0 aromatic heterocycles. The van der Waals surface area contributed by atoms with Crippen LogP contribution in [-0.4, -0.2) is 47.4 Å². The predicted molar refractivity (Wildman–Crippen MR) is 119 cm³/mol. The molecule has 1 saturated heterocycles. The molecule has 2 aromatic carbocycles. The van der Waals surface area contributed by atoms with Crippen molar-refractivity contribution in [2.75, 3.05) is 20.7 Å². The summed E-state index contributed by atoms with van der Waals surface area (Å²) in [6.45, 7) is 2.22. The molecular formula is C22H20ClFN2O4S. The quantitative estimate of drug-likeness (QED) is 0.368. The maximum Gasteiger partial charge on any atom is 0.265 e. The van der Waals surface area contributed by atoms with Gasteiger partial charge in [0.25, 0.3) is 11.8 Å². The second kappa shape index (κ2) is 9.45. The molecule has 1 fully saturated rings. The van der Waals surface area contributed by atoms with E-state index in [1.807, 2.05) is 0 Å². The summed E-state index contributed by atoms with van der Waals surface area (Å²) < 4.78 is 24.8. The van der Waals surface area contributed by atoms with Crippen molar-refractivity contribution in [2.24, 2.45) is 0 Å². The smallest absolute Gasteiger partial charge is 0.265 e. The number of ether oxygens (including phenoxy) is 2. The highest BCUT2D eigenvalue weighted by molar-refractivity contribution is 7.80. The van der Waals surface area contributed by atoms with Crippen LogP contribution in [0, 0.1) is 5.82 Å². The lowest BCUT2D eigenvalue weighted by Gasteiger charge is -2.31. The van der Waals surface area contributed by atoms with Gasteiger partial charge in [-0.15, -0.1) is 0 Å². The Morgan fingerprint density at radius 1 is 1.10 bits per heavy atom. The third-order valence-electron chi connectivity index (χ3n) is 4.56. The van der Waals surface area contributed by atoms with Crippen LogP contribution in [-0.2, 0) is 16.2 Å². The number of likely N-dealkylation sites (N-methyl/N-ethyl adjacent to an activating group) is 2. The van der Waals surface area contributed by atoms with Gasteiger partial charge in [0.1, 0.15) is 18.0 Å². The molecule has 9 heteroatoms. The lowest BCUT2D eigenvalue weighted by molar-refractivity contribution is -0.132. The van der Waals surface area contributed by atoms with Crippen molar-refractivity contribution in [1.29, 1.82) is 0 Å². The fourth-order valence-electron chi connectivity index (χ4n) is 3.00. The molecule has 0 saturated carbocycles. The van der Waals surface area contributed by atoms with Gasteiger partial charge in [0.15, 0.2) is 16.6 Å². The summed E-state index contributed by atoms with van der Waals surface area (Å²) in [5, 5.41) is 0.350. The van der Waals surface area contributed by atoms with Crippen LogP contribution in [0.1, 0.15) is 18.1 Å². The summed E-state index contributed by atoms with van der Waals surface area (Å²) in [5.41, 5.74) is 1.06. The van der Waals surface area contributed by atoms with Crippen molar-refractivity contribution in [3.05, 3.63) is 63.9 Å². The van der Waals surface area contributed by atoms with E-state index in [1.54, 1.807) is 31.2 Å². The van der Waals surface area contributed by atoms with Crippen molar-refractivity contribution < 1.29 is 23.5 Å². The number of benzene rings is 2. The molecule has 1 aliphatic heterocycles. The molecule has 0 spiro atoms. The molecule has 0 N–H and O–H groups in total. The first-order valence-electron chi connectivity index (χ1n) is 9.38. The Morgan fingerprint density at radius 3 is 2.39 bits per heavy atom. The Labute approximate surface area is 189 Å². The van der Waals surface area contributed by atoms with Crippen molar-refractivity contribution in [3.8, 4) is 11.5 Å². The van der Waals surface area contributed by atoms with E-state index >= 15 is 0 Å². The lowest BCUT2D eigenvalue weighted by Crippen LogP contribution is -2.52. The minimum absolute atomic E-state index is 0.0504. The van der Waals surface area contributed by atoms with Gasteiger partial charge in [-0.1, -0.05) is 23.7 Å². The van der Waals surface area contributed by atoms with Crippen molar-refractivity contribution in [1.82, 2.24) is 9.80 Å². The van der Waals surface area contributed by atoms with Crippen LogP contribution in [0.5, 0.6) is 11.5 Å². The summed E-state index contributed by atoms with van der Waals surface area (Å²) in [4.78, 5) is 27.5. The number of rotatable bonds is 6. The fourth-order valence-corrected chi connectivity index (χ4v) is 3.44. The van der Waals surface area contributed by atoms with Gasteiger partial charge < -0.3 is 9.47 Å². The van der Waals surface area contributed by atoms with Crippen molar-refractivity contribution >= 4 is 46.8 Å². The summed E-state index contributed by atoms with van der Waals surface area (Å²) in [6, 6.07) is 9.22.